The van der Waals surface area contributed by atoms with Crippen molar-refractivity contribution < 1.29 is 9.53 Å². The minimum Gasteiger partial charge on any atom is -0.444 e. The van der Waals surface area contributed by atoms with Crippen LogP contribution in [0.25, 0.3) is 0 Å². The van der Waals surface area contributed by atoms with Crippen LogP contribution in [0.15, 0.2) is 30.3 Å². The summed E-state index contributed by atoms with van der Waals surface area (Å²) in [6.45, 7) is 11.6. The maximum atomic E-state index is 12.4. The van der Waals surface area contributed by atoms with Crippen LogP contribution in [-0.2, 0) is 11.3 Å². The molecule has 5 nitrogen and oxygen atoms in total. The highest BCUT2D eigenvalue weighted by Crippen LogP contribution is 2.32. The zero-order chi connectivity index (χ0) is 18.8. The molecule has 0 atom stereocenters. The molecule has 2 aliphatic rings. The van der Waals surface area contributed by atoms with E-state index in [1.54, 1.807) is 0 Å². The summed E-state index contributed by atoms with van der Waals surface area (Å²) in [5, 5.41) is 0. The van der Waals surface area contributed by atoms with Gasteiger partial charge in [-0.3, -0.25) is 9.80 Å². The molecule has 5 heteroatoms. The second-order valence-electron chi connectivity index (χ2n) is 8.81. The SMILES string of the molecule is CN1CCN(Cc2ccccc2)CC12CCN(C(=O)OC(C)(C)C)CC2. The summed E-state index contributed by atoms with van der Waals surface area (Å²) in [6, 6.07) is 10.7. The van der Waals surface area contributed by atoms with Gasteiger partial charge in [0.1, 0.15) is 5.60 Å². The third-order valence-electron chi connectivity index (χ3n) is 5.67. The Balaban J connectivity index is 1.59. The van der Waals surface area contributed by atoms with Crippen LogP contribution >= 0.6 is 0 Å². The van der Waals surface area contributed by atoms with E-state index in [1.165, 1.54) is 5.56 Å². The summed E-state index contributed by atoms with van der Waals surface area (Å²) in [5.74, 6) is 0. The summed E-state index contributed by atoms with van der Waals surface area (Å²) >= 11 is 0. The summed E-state index contributed by atoms with van der Waals surface area (Å²) in [7, 11) is 2.24. The highest BCUT2D eigenvalue weighted by molar-refractivity contribution is 5.68. The van der Waals surface area contributed by atoms with E-state index in [2.05, 4.69) is 47.2 Å². The third-order valence-corrected chi connectivity index (χ3v) is 5.67. The quantitative estimate of drug-likeness (QED) is 0.812. The number of carbonyl (C=O) groups excluding carboxylic acids is 1. The van der Waals surface area contributed by atoms with E-state index in [0.717, 1.165) is 52.1 Å². The number of piperazine rings is 1. The van der Waals surface area contributed by atoms with Gasteiger partial charge in [-0.1, -0.05) is 30.3 Å². The number of amides is 1. The van der Waals surface area contributed by atoms with Crippen molar-refractivity contribution in [1.82, 2.24) is 14.7 Å². The Hall–Kier alpha value is -1.59. The summed E-state index contributed by atoms with van der Waals surface area (Å²) in [6.07, 6.45) is 1.84. The topological polar surface area (TPSA) is 36.0 Å². The molecule has 1 aromatic rings. The predicted molar refractivity (Wildman–Crippen MR) is 104 cm³/mol. The first-order valence-corrected chi connectivity index (χ1v) is 9.73. The maximum Gasteiger partial charge on any atom is 0.410 e. The second-order valence-corrected chi connectivity index (χ2v) is 8.81. The molecular weight excluding hydrogens is 326 g/mol. The normalized spacial score (nSPS) is 21.8. The average molecular weight is 360 g/mol. The lowest BCUT2D eigenvalue weighted by molar-refractivity contribution is -0.0368. The molecule has 2 heterocycles. The highest BCUT2D eigenvalue weighted by atomic mass is 16.6. The van der Waals surface area contributed by atoms with Gasteiger partial charge >= 0.3 is 6.09 Å². The predicted octanol–water partition coefficient (Wildman–Crippen LogP) is 3.20. The van der Waals surface area contributed by atoms with E-state index in [9.17, 15) is 4.79 Å². The summed E-state index contributed by atoms with van der Waals surface area (Å²) in [4.78, 5) is 19.3. The van der Waals surface area contributed by atoms with Crippen LogP contribution < -0.4 is 0 Å². The van der Waals surface area contributed by atoms with E-state index in [1.807, 2.05) is 25.7 Å². The second kappa shape index (κ2) is 7.57. The Kier molecular flexibility index (Phi) is 5.58. The Bertz CT molecular complexity index is 603. The molecule has 2 aliphatic heterocycles. The zero-order valence-corrected chi connectivity index (χ0v) is 16.7. The highest BCUT2D eigenvalue weighted by Gasteiger charge is 2.43. The molecule has 0 aliphatic carbocycles. The summed E-state index contributed by atoms with van der Waals surface area (Å²) in [5.41, 5.74) is 1.12. The number of likely N-dealkylation sites (N-methyl/N-ethyl adjacent to an activating group) is 1. The number of hydrogen-bond acceptors (Lipinski definition) is 4. The van der Waals surface area contributed by atoms with E-state index >= 15 is 0 Å². The number of nitrogens with zero attached hydrogens (tertiary/aromatic N) is 3. The standard InChI is InChI=1S/C21H33N3O2/c1-20(2,3)26-19(25)24-12-10-21(11-13-24)17-23(15-14-22(21)4)16-18-8-6-5-7-9-18/h5-9H,10-17H2,1-4H3. The molecule has 0 N–H and O–H groups in total. The molecule has 26 heavy (non-hydrogen) atoms. The van der Waals surface area contributed by atoms with Crippen molar-refractivity contribution >= 4 is 6.09 Å². The van der Waals surface area contributed by atoms with Gasteiger partial charge in [0.25, 0.3) is 0 Å². The molecule has 0 saturated carbocycles. The molecule has 1 spiro atoms. The molecule has 0 radical (unpaired) electrons. The van der Waals surface area contributed by atoms with Gasteiger partial charge in [0.15, 0.2) is 0 Å². The minimum absolute atomic E-state index is 0.172. The van der Waals surface area contributed by atoms with Gasteiger partial charge in [-0.05, 0) is 46.2 Å². The third kappa shape index (κ3) is 4.57. The molecule has 1 aromatic carbocycles. The van der Waals surface area contributed by atoms with Crippen molar-refractivity contribution in [2.45, 2.75) is 51.3 Å². The molecule has 2 saturated heterocycles. The van der Waals surface area contributed by atoms with Crippen molar-refractivity contribution in [1.29, 1.82) is 0 Å². The van der Waals surface area contributed by atoms with E-state index in [4.69, 9.17) is 4.74 Å². The van der Waals surface area contributed by atoms with Gasteiger partial charge in [0, 0.05) is 44.8 Å². The van der Waals surface area contributed by atoms with Crippen LogP contribution in [0.3, 0.4) is 0 Å². The van der Waals surface area contributed by atoms with Crippen molar-refractivity contribution in [3.8, 4) is 0 Å². The van der Waals surface area contributed by atoms with Crippen LogP contribution in [0.4, 0.5) is 4.79 Å². The first kappa shape index (κ1) is 19.2. The van der Waals surface area contributed by atoms with Crippen molar-refractivity contribution in [3.05, 3.63) is 35.9 Å². The largest absolute Gasteiger partial charge is 0.444 e. The van der Waals surface area contributed by atoms with E-state index < -0.39 is 5.60 Å². The molecule has 144 valence electrons. The van der Waals surface area contributed by atoms with Gasteiger partial charge in [-0.25, -0.2) is 4.79 Å². The number of ether oxygens (including phenoxy) is 1. The molecule has 1 amide bonds. The molecule has 0 unspecified atom stereocenters. The van der Waals surface area contributed by atoms with Crippen LogP contribution in [0.2, 0.25) is 0 Å². The Morgan fingerprint density at radius 1 is 1.08 bits per heavy atom. The molecule has 0 aromatic heterocycles. The number of carbonyl (C=O) groups is 1. The van der Waals surface area contributed by atoms with Crippen LogP contribution in [0.5, 0.6) is 0 Å². The fourth-order valence-electron chi connectivity index (χ4n) is 4.09. The number of likely N-dealkylation sites (tertiary alicyclic amines) is 1. The fourth-order valence-corrected chi connectivity index (χ4v) is 4.09. The van der Waals surface area contributed by atoms with Gasteiger partial charge in [-0.2, -0.15) is 0 Å². The summed E-state index contributed by atoms with van der Waals surface area (Å²) < 4.78 is 5.54. The molecule has 0 bridgehead atoms. The fraction of sp³-hybridized carbons (Fsp3) is 0.667. The number of benzene rings is 1. The Morgan fingerprint density at radius 3 is 2.35 bits per heavy atom. The Morgan fingerprint density at radius 2 is 1.73 bits per heavy atom. The smallest absolute Gasteiger partial charge is 0.410 e. The van der Waals surface area contributed by atoms with E-state index in [-0.39, 0.29) is 11.6 Å². The molecule has 3 rings (SSSR count). The average Bonchev–Trinajstić information content (AvgIpc) is 2.58. The number of piperidine rings is 1. The number of rotatable bonds is 2. The minimum atomic E-state index is -0.430. The first-order chi connectivity index (χ1) is 12.3. The Labute approximate surface area is 157 Å². The monoisotopic (exact) mass is 359 g/mol. The van der Waals surface area contributed by atoms with E-state index in [0.29, 0.717) is 0 Å². The van der Waals surface area contributed by atoms with Gasteiger partial charge in [0.05, 0.1) is 0 Å². The maximum absolute atomic E-state index is 12.4. The lowest BCUT2D eigenvalue weighted by atomic mass is 9.83. The van der Waals surface area contributed by atoms with Gasteiger partial charge in [-0.15, -0.1) is 0 Å². The lowest BCUT2D eigenvalue weighted by Crippen LogP contribution is -2.64. The van der Waals surface area contributed by atoms with Gasteiger partial charge in [0.2, 0.25) is 0 Å². The first-order valence-electron chi connectivity index (χ1n) is 9.73. The zero-order valence-electron chi connectivity index (χ0n) is 16.7. The van der Waals surface area contributed by atoms with Crippen molar-refractivity contribution in [3.63, 3.8) is 0 Å². The van der Waals surface area contributed by atoms with Crippen molar-refractivity contribution in [2.75, 3.05) is 39.8 Å². The van der Waals surface area contributed by atoms with Crippen LogP contribution in [0.1, 0.15) is 39.2 Å². The van der Waals surface area contributed by atoms with Crippen LogP contribution in [-0.4, -0.2) is 71.7 Å². The lowest BCUT2D eigenvalue weighted by Gasteiger charge is -2.53. The van der Waals surface area contributed by atoms with Crippen molar-refractivity contribution in [2.24, 2.45) is 0 Å². The molecular formula is C21H33N3O2. The number of hydrogen-bond donors (Lipinski definition) is 0. The van der Waals surface area contributed by atoms with Crippen LogP contribution in [0, 0.1) is 0 Å². The van der Waals surface area contributed by atoms with Gasteiger partial charge < -0.3 is 9.64 Å². The molecule has 2 fully saturated rings.